The van der Waals surface area contributed by atoms with E-state index in [4.69, 9.17) is 4.74 Å². The van der Waals surface area contributed by atoms with Crippen LogP contribution in [-0.4, -0.2) is 13.1 Å². The molecule has 25 heavy (non-hydrogen) atoms. The standard InChI is InChI=1S/C19H20F2N2O2/c1-25-12-13-5-2-6-14(11-13)22-18(24)23-19(9-4-10-19)17-15(20)7-3-8-16(17)21/h2-3,5-8,11H,4,9-10,12H2,1H3,(H2,22,23,24). The predicted molar refractivity (Wildman–Crippen MR) is 91.2 cm³/mol. The van der Waals surface area contributed by atoms with Gasteiger partial charge in [0.15, 0.2) is 0 Å². The lowest BCUT2D eigenvalue weighted by atomic mass is 9.71. The van der Waals surface area contributed by atoms with E-state index in [0.717, 1.165) is 12.0 Å². The minimum atomic E-state index is -0.996. The van der Waals surface area contributed by atoms with Gasteiger partial charge in [0, 0.05) is 18.4 Å². The average molecular weight is 346 g/mol. The molecule has 2 amide bonds. The van der Waals surface area contributed by atoms with Crippen molar-refractivity contribution in [3.63, 3.8) is 0 Å². The zero-order valence-electron chi connectivity index (χ0n) is 13.9. The molecule has 0 aliphatic heterocycles. The summed E-state index contributed by atoms with van der Waals surface area (Å²) in [7, 11) is 1.59. The number of halogens is 2. The number of anilines is 1. The highest BCUT2D eigenvalue weighted by molar-refractivity contribution is 5.90. The van der Waals surface area contributed by atoms with Crippen LogP contribution in [0.25, 0.3) is 0 Å². The van der Waals surface area contributed by atoms with Crippen molar-refractivity contribution in [2.24, 2.45) is 0 Å². The number of benzene rings is 2. The highest BCUT2D eigenvalue weighted by Crippen LogP contribution is 2.43. The second-order valence-corrected chi connectivity index (χ2v) is 6.24. The van der Waals surface area contributed by atoms with E-state index in [1.807, 2.05) is 6.07 Å². The largest absolute Gasteiger partial charge is 0.380 e. The number of carbonyl (C=O) groups excluding carboxylic acids is 1. The Morgan fingerprint density at radius 1 is 1.16 bits per heavy atom. The molecular formula is C19H20F2N2O2. The third-order valence-corrected chi connectivity index (χ3v) is 4.50. The molecule has 0 heterocycles. The number of hydrogen-bond donors (Lipinski definition) is 2. The monoisotopic (exact) mass is 346 g/mol. The van der Waals surface area contributed by atoms with Crippen LogP contribution in [0.3, 0.4) is 0 Å². The first-order chi connectivity index (χ1) is 12.0. The molecular weight excluding hydrogens is 326 g/mol. The molecule has 0 spiro atoms. The Morgan fingerprint density at radius 2 is 1.84 bits per heavy atom. The molecule has 0 bridgehead atoms. The lowest BCUT2D eigenvalue weighted by Crippen LogP contribution is -2.53. The van der Waals surface area contributed by atoms with E-state index in [9.17, 15) is 13.6 Å². The number of hydrogen-bond acceptors (Lipinski definition) is 2. The predicted octanol–water partition coefficient (Wildman–Crippen LogP) is 4.31. The van der Waals surface area contributed by atoms with Crippen LogP contribution in [0, 0.1) is 11.6 Å². The van der Waals surface area contributed by atoms with Gasteiger partial charge in [0.1, 0.15) is 11.6 Å². The maximum atomic E-state index is 14.2. The van der Waals surface area contributed by atoms with E-state index in [-0.39, 0.29) is 5.56 Å². The number of rotatable bonds is 5. The van der Waals surface area contributed by atoms with Crippen LogP contribution in [0.1, 0.15) is 30.4 Å². The van der Waals surface area contributed by atoms with Crippen LogP contribution in [0.5, 0.6) is 0 Å². The summed E-state index contributed by atoms with van der Waals surface area (Å²) in [5, 5.41) is 5.49. The first kappa shape index (κ1) is 17.4. The van der Waals surface area contributed by atoms with Gasteiger partial charge in [0.2, 0.25) is 0 Å². The van der Waals surface area contributed by atoms with Crippen LogP contribution in [0.4, 0.5) is 19.3 Å². The van der Waals surface area contributed by atoms with Crippen LogP contribution in [-0.2, 0) is 16.9 Å². The van der Waals surface area contributed by atoms with Gasteiger partial charge in [-0.1, -0.05) is 18.2 Å². The number of carbonyl (C=O) groups is 1. The van der Waals surface area contributed by atoms with Gasteiger partial charge in [-0.05, 0) is 49.1 Å². The van der Waals surface area contributed by atoms with E-state index in [2.05, 4.69) is 10.6 Å². The molecule has 0 saturated heterocycles. The van der Waals surface area contributed by atoms with Gasteiger partial charge in [0.25, 0.3) is 0 Å². The van der Waals surface area contributed by atoms with Gasteiger partial charge in [-0.3, -0.25) is 0 Å². The molecule has 1 aliphatic carbocycles. The summed E-state index contributed by atoms with van der Waals surface area (Å²) in [5.74, 6) is -1.27. The van der Waals surface area contributed by atoms with E-state index in [1.165, 1.54) is 18.2 Å². The number of amides is 2. The number of nitrogens with one attached hydrogen (secondary N) is 2. The van der Waals surface area contributed by atoms with Gasteiger partial charge >= 0.3 is 6.03 Å². The van der Waals surface area contributed by atoms with Gasteiger partial charge in [-0.25, -0.2) is 13.6 Å². The Kier molecular flexibility index (Phi) is 4.99. The summed E-state index contributed by atoms with van der Waals surface area (Å²) in [6.07, 6.45) is 1.81. The van der Waals surface area contributed by atoms with Crippen molar-refractivity contribution in [1.29, 1.82) is 0 Å². The highest BCUT2D eigenvalue weighted by Gasteiger charge is 2.44. The van der Waals surface area contributed by atoms with E-state index in [1.54, 1.807) is 25.3 Å². The van der Waals surface area contributed by atoms with Gasteiger partial charge < -0.3 is 15.4 Å². The molecule has 3 rings (SSSR count). The Morgan fingerprint density at radius 3 is 2.44 bits per heavy atom. The fourth-order valence-electron chi connectivity index (χ4n) is 3.21. The van der Waals surface area contributed by atoms with Crippen molar-refractivity contribution in [3.8, 4) is 0 Å². The molecule has 1 aliphatic rings. The Bertz CT molecular complexity index is 756. The van der Waals surface area contributed by atoms with Gasteiger partial charge in [-0.15, -0.1) is 0 Å². The van der Waals surface area contributed by atoms with Crippen molar-refractivity contribution in [2.75, 3.05) is 12.4 Å². The van der Waals surface area contributed by atoms with Gasteiger partial charge in [-0.2, -0.15) is 0 Å². The Balaban J connectivity index is 1.76. The third kappa shape index (κ3) is 3.64. The van der Waals surface area contributed by atoms with Crippen LogP contribution < -0.4 is 10.6 Å². The minimum Gasteiger partial charge on any atom is -0.380 e. The van der Waals surface area contributed by atoms with Crippen molar-refractivity contribution >= 4 is 11.7 Å². The third-order valence-electron chi connectivity index (χ3n) is 4.50. The Labute approximate surface area is 145 Å². The van der Waals surface area contributed by atoms with Crippen molar-refractivity contribution in [1.82, 2.24) is 5.32 Å². The lowest BCUT2D eigenvalue weighted by molar-refractivity contribution is 0.175. The zero-order valence-corrected chi connectivity index (χ0v) is 13.9. The van der Waals surface area contributed by atoms with Crippen molar-refractivity contribution in [3.05, 3.63) is 65.2 Å². The smallest absolute Gasteiger partial charge is 0.319 e. The molecule has 6 heteroatoms. The molecule has 4 nitrogen and oxygen atoms in total. The van der Waals surface area contributed by atoms with Crippen LogP contribution in [0.15, 0.2) is 42.5 Å². The minimum absolute atomic E-state index is 0.0652. The summed E-state index contributed by atoms with van der Waals surface area (Å²) in [6.45, 7) is 0.432. The van der Waals surface area contributed by atoms with E-state index < -0.39 is 23.2 Å². The molecule has 2 aromatic carbocycles. The highest BCUT2D eigenvalue weighted by atomic mass is 19.1. The second kappa shape index (κ2) is 7.19. The SMILES string of the molecule is COCc1cccc(NC(=O)NC2(c3c(F)cccc3F)CCC2)c1. The average Bonchev–Trinajstić information content (AvgIpc) is 2.52. The maximum Gasteiger partial charge on any atom is 0.319 e. The van der Waals surface area contributed by atoms with E-state index >= 15 is 0 Å². The topological polar surface area (TPSA) is 50.4 Å². The number of ether oxygens (including phenoxy) is 1. The lowest BCUT2D eigenvalue weighted by Gasteiger charge is -2.43. The van der Waals surface area contributed by atoms with Gasteiger partial charge in [0.05, 0.1) is 12.1 Å². The summed E-state index contributed by atoms with van der Waals surface area (Å²) >= 11 is 0. The Hall–Kier alpha value is -2.47. The summed E-state index contributed by atoms with van der Waals surface area (Å²) in [4.78, 5) is 12.4. The molecule has 0 unspecified atom stereocenters. The summed E-state index contributed by atoms with van der Waals surface area (Å²) in [6, 6.07) is 10.5. The summed E-state index contributed by atoms with van der Waals surface area (Å²) in [5.41, 5.74) is 0.447. The molecule has 1 fully saturated rings. The second-order valence-electron chi connectivity index (χ2n) is 6.24. The molecule has 0 atom stereocenters. The number of methoxy groups -OCH3 is 1. The molecule has 0 radical (unpaired) electrons. The molecule has 2 N–H and O–H groups in total. The fraction of sp³-hybridized carbons (Fsp3) is 0.316. The molecule has 0 aromatic heterocycles. The normalized spacial score (nSPS) is 15.3. The zero-order chi connectivity index (χ0) is 17.9. The van der Waals surface area contributed by atoms with Crippen LogP contribution >= 0.6 is 0 Å². The number of urea groups is 1. The molecule has 132 valence electrons. The molecule has 2 aromatic rings. The maximum absolute atomic E-state index is 14.2. The van der Waals surface area contributed by atoms with Crippen molar-refractivity contribution in [2.45, 2.75) is 31.4 Å². The van der Waals surface area contributed by atoms with Crippen LogP contribution in [0.2, 0.25) is 0 Å². The quantitative estimate of drug-likeness (QED) is 0.847. The summed E-state index contributed by atoms with van der Waals surface area (Å²) < 4.78 is 33.4. The fourth-order valence-corrected chi connectivity index (χ4v) is 3.21. The van der Waals surface area contributed by atoms with E-state index in [0.29, 0.717) is 25.1 Å². The van der Waals surface area contributed by atoms with Crippen molar-refractivity contribution < 1.29 is 18.3 Å². The first-order valence-electron chi connectivity index (χ1n) is 8.16. The molecule has 1 saturated carbocycles. The first-order valence-corrected chi connectivity index (χ1v) is 8.16.